The summed E-state index contributed by atoms with van der Waals surface area (Å²) < 4.78 is 0. The summed E-state index contributed by atoms with van der Waals surface area (Å²) in [6, 6.07) is 13.0. The second-order valence-electron chi connectivity index (χ2n) is 3.80. The van der Waals surface area contributed by atoms with Crippen molar-refractivity contribution in [3.8, 4) is 0 Å². The molecule has 78 valence electrons. The summed E-state index contributed by atoms with van der Waals surface area (Å²) in [6.45, 7) is 0. The number of fused-ring (bicyclic) bond motifs is 3. The number of aromatic nitrogens is 1. The van der Waals surface area contributed by atoms with Gasteiger partial charge in [0.25, 0.3) is 0 Å². The van der Waals surface area contributed by atoms with Crippen LogP contribution in [0.25, 0.3) is 21.7 Å². The number of nitrogens with two attached hydrogens (primary N) is 1. The van der Waals surface area contributed by atoms with E-state index in [1.165, 1.54) is 6.07 Å². The molecule has 3 nitrogen and oxygen atoms in total. The summed E-state index contributed by atoms with van der Waals surface area (Å²) in [6.07, 6.45) is 0. The molecule has 0 aliphatic rings. The smallest absolute Gasteiger partial charge is 0.248 e. The molecular weight excluding hydrogens is 200 g/mol. The van der Waals surface area contributed by atoms with Crippen molar-refractivity contribution in [2.45, 2.75) is 0 Å². The van der Waals surface area contributed by atoms with Crippen LogP contribution in [-0.4, -0.2) is 4.98 Å². The fourth-order valence-electron chi connectivity index (χ4n) is 2.02. The van der Waals surface area contributed by atoms with Crippen LogP contribution in [0.5, 0.6) is 0 Å². The summed E-state index contributed by atoms with van der Waals surface area (Å²) >= 11 is 0. The molecular formula is C13H10N2O. The lowest BCUT2D eigenvalue weighted by Crippen LogP contribution is -2.03. The number of pyridine rings is 1. The van der Waals surface area contributed by atoms with Crippen LogP contribution in [0.15, 0.2) is 47.3 Å². The number of hydrogen-bond donors (Lipinski definition) is 2. The first-order valence-corrected chi connectivity index (χ1v) is 5.06. The molecule has 1 heterocycles. The van der Waals surface area contributed by atoms with Crippen molar-refractivity contribution in [1.29, 1.82) is 0 Å². The highest BCUT2D eigenvalue weighted by Gasteiger charge is 2.04. The highest BCUT2D eigenvalue weighted by molar-refractivity contribution is 6.10. The topological polar surface area (TPSA) is 58.9 Å². The number of H-pyrrole nitrogens is 1. The van der Waals surface area contributed by atoms with Crippen molar-refractivity contribution in [3.63, 3.8) is 0 Å². The zero-order chi connectivity index (χ0) is 11.1. The Morgan fingerprint density at radius 1 is 1.00 bits per heavy atom. The zero-order valence-corrected chi connectivity index (χ0v) is 8.53. The molecule has 0 fully saturated rings. The number of hydrogen-bond acceptors (Lipinski definition) is 2. The second-order valence-corrected chi connectivity index (χ2v) is 3.80. The Morgan fingerprint density at radius 3 is 2.69 bits per heavy atom. The molecule has 0 saturated heterocycles. The molecule has 3 rings (SSSR count). The minimum absolute atomic E-state index is 0.108. The van der Waals surface area contributed by atoms with Crippen LogP contribution >= 0.6 is 0 Å². The van der Waals surface area contributed by atoms with Gasteiger partial charge in [0.1, 0.15) is 0 Å². The number of rotatable bonds is 0. The van der Waals surface area contributed by atoms with Gasteiger partial charge in [-0.05, 0) is 17.5 Å². The van der Waals surface area contributed by atoms with Gasteiger partial charge in [0.2, 0.25) is 5.56 Å². The summed E-state index contributed by atoms with van der Waals surface area (Å²) in [5.74, 6) is 0. The Bertz CT molecular complexity index is 744. The summed E-state index contributed by atoms with van der Waals surface area (Å²) in [4.78, 5) is 14.2. The van der Waals surface area contributed by atoms with Gasteiger partial charge in [0.05, 0.1) is 5.52 Å². The predicted molar refractivity (Wildman–Crippen MR) is 66.5 cm³/mol. The van der Waals surface area contributed by atoms with Gasteiger partial charge in [-0.25, -0.2) is 0 Å². The van der Waals surface area contributed by atoms with E-state index >= 15 is 0 Å². The first kappa shape index (κ1) is 8.97. The quantitative estimate of drug-likeness (QED) is 0.441. The molecule has 16 heavy (non-hydrogen) atoms. The minimum atomic E-state index is -0.108. The molecule has 0 spiro atoms. The maximum Gasteiger partial charge on any atom is 0.248 e. The van der Waals surface area contributed by atoms with Crippen LogP contribution in [0.4, 0.5) is 5.69 Å². The molecule has 1 aromatic heterocycles. The van der Waals surface area contributed by atoms with Gasteiger partial charge in [-0.15, -0.1) is 0 Å². The number of nitrogens with one attached hydrogen (secondary N) is 1. The predicted octanol–water partition coefficient (Wildman–Crippen LogP) is 2.26. The minimum Gasteiger partial charge on any atom is -0.398 e. The van der Waals surface area contributed by atoms with Gasteiger partial charge in [-0.3, -0.25) is 4.79 Å². The summed E-state index contributed by atoms with van der Waals surface area (Å²) in [7, 11) is 0. The van der Waals surface area contributed by atoms with Crippen LogP contribution in [0.2, 0.25) is 0 Å². The van der Waals surface area contributed by atoms with Crippen molar-refractivity contribution >= 4 is 27.4 Å². The molecule has 0 aliphatic heterocycles. The molecule has 3 N–H and O–H groups in total. The van der Waals surface area contributed by atoms with Crippen molar-refractivity contribution in [1.82, 2.24) is 4.98 Å². The van der Waals surface area contributed by atoms with E-state index in [1.807, 2.05) is 30.3 Å². The van der Waals surface area contributed by atoms with E-state index in [9.17, 15) is 4.79 Å². The van der Waals surface area contributed by atoms with Gasteiger partial charge >= 0.3 is 0 Å². The monoisotopic (exact) mass is 210 g/mol. The zero-order valence-electron chi connectivity index (χ0n) is 8.53. The van der Waals surface area contributed by atoms with Gasteiger partial charge in [-0.2, -0.15) is 0 Å². The number of benzene rings is 2. The lowest BCUT2D eigenvalue weighted by Gasteiger charge is -2.06. The van der Waals surface area contributed by atoms with Gasteiger partial charge in [0.15, 0.2) is 0 Å². The van der Waals surface area contributed by atoms with Crippen LogP contribution in [0.1, 0.15) is 0 Å². The Morgan fingerprint density at radius 2 is 1.81 bits per heavy atom. The Hall–Kier alpha value is -2.29. The third-order valence-electron chi connectivity index (χ3n) is 2.77. The SMILES string of the molecule is Nc1cc2ccccc2c2[nH]c(=O)ccc12. The fraction of sp³-hybridized carbons (Fsp3) is 0. The maximum atomic E-state index is 11.3. The van der Waals surface area contributed by atoms with E-state index in [-0.39, 0.29) is 5.56 Å². The first-order chi connectivity index (χ1) is 7.75. The largest absolute Gasteiger partial charge is 0.398 e. The van der Waals surface area contributed by atoms with Crippen molar-refractivity contribution in [2.24, 2.45) is 0 Å². The summed E-state index contributed by atoms with van der Waals surface area (Å²) in [5.41, 5.74) is 7.34. The van der Waals surface area contributed by atoms with Crippen LogP contribution in [0, 0.1) is 0 Å². The van der Waals surface area contributed by atoms with Crippen molar-refractivity contribution in [2.75, 3.05) is 5.73 Å². The second kappa shape index (κ2) is 3.10. The summed E-state index contributed by atoms with van der Waals surface area (Å²) in [5, 5.41) is 2.94. The molecule has 0 radical (unpaired) electrons. The van der Waals surface area contributed by atoms with Gasteiger partial charge in [0, 0.05) is 22.5 Å². The molecule has 0 unspecified atom stereocenters. The molecule has 0 amide bonds. The van der Waals surface area contributed by atoms with E-state index in [4.69, 9.17) is 5.73 Å². The normalized spacial score (nSPS) is 11.0. The van der Waals surface area contributed by atoms with Gasteiger partial charge < -0.3 is 10.7 Å². The first-order valence-electron chi connectivity index (χ1n) is 5.06. The van der Waals surface area contributed by atoms with Crippen LogP contribution in [-0.2, 0) is 0 Å². The Kier molecular flexibility index (Phi) is 1.74. The Balaban J connectivity index is 2.66. The highest BCUT2D eigenvalue weighted by Crippen LogP contribution is 2.27. The van der Waals surface area contributed by atoms with E-state index in [1.54, 1.807) is 6.07 Å². The third kappa shape index (κ3) is 1.18. The van der Waals surface area contributed by atoms with E-state index in [2.05, 4.69) is 4.98 Å². The lowest BCUT2D eigenvalue weighted by molar-refractivity contribution is 1.32. The van der Waals surface area contributed by atoms with Gasteiger partial charge in [-0.1, -0.05) is 24.3 Å². The molecule has 0 aliphatic carbocycles. The maximum absolute atomic E-state index is 11.3. The number of nitrogen functional groups attached to an aromatic ring is 1. The molecule has 3 aromatic rings. The van der Waals surface area contributed by atoms with Crippen LogP contribution < -0.4 is 11.3 Å². The lowest BCUT2D eigenvalue weighted by atomic mass is 10.0. The Labute approximate surface area is 91.5 Å². The third-order valence-corrected chi connectivity index (χ3v) is 2.77. The average molecular weight is 210 g/mol. The molecule has 0 bridgehead atoms. The van der Waals surface area contributed by atoms with E-state index in [0.717, 1.165) is 21.7 Å². The fourth-order valence-corrected chi connectivity index (χ4v) is 2.02. The number of anilines is 1. The molecule has 0 saturated carbocycles. The van der Waals surface area contributed by atoms with Crippen molar-refractivity contribution < 1.29 is 0 Å². The molecule has 2 aromatic carbocycles. The van der Waals surface area contributed by atoms with Crippen molar-refractivity contribution in [3.05, 3.63) is 52.8 Å². The number of aromatic amines is 1. The van der Waals surface area contributed by atoms with Crippen LogP contribution in [0.3, 0.4) is 0 Å². The molecule has 0 atom stereocenters. The molecule has 3 heteroatoms. The standard InChI is InChI=1S/C13H10N2O/c14-11-7-8-3-1-2-4-9(8)13-10(11)5-6-12(16)15-13/h1-7H,14H2,(H,15,16). The van der Waals surface area contributed by atoms with E-state index < -0.39 is 0 Å². The highest BCUT2D eigenvalue weighted by atomic mass is 16.1. The average Bonchev–Trinajstić information content (AvgIpc) is 2.29. The van der Waals surface area contributed by atoms with E-state index in [0.29, 0.717) is 5.69 Å².